The van der Waals surface area contributed by atoms with Gasteiger partial charge in [-0.25, -0.2) is 18.1 Å². The van der Waals surface area contributed by atoms with Crippen LogP contribution in [-0.4, -0.2) is 87.6 Å². The predicted molar refractivity (Wildman–Crippen MR) is 230 cm³/mol. The number of sulfonamides is 1. The Balaban J connectivity index is 0.967. The van der Waals surface area contributed by atoms with Crippen LogP contribution < -0.4 is 25.4 Å². The molecular weight excluding hydrogens is 774 g/mol. The van der Waals surface area contributed by atoms with Crippen molar-refractivity contribution in [1.82, 2.24) is 19.6 Å². The highest BCUT2D eigenvalue weighted by molar-refractivity contribution is 7.90. The van der Waals surface area contributed by atoms with Gasteiger partial charge >= 0.3 is 0 Å². The van der Waals surface area contributed by atoms with Crippen molar-refractivity contribution in [2.75, 3.05) is 74.3 Å². The molecule has 4 aliphatic rings. The lowest BCUT2D eigenvalue weighted by molar-refractivity contribution is -0.176. The van der Waals surface area contributed by atoms with E-state index in [-0.39, 0.29) is 27.3 Å². The number of anilines is 3. The Kier molecular flexibility index (Phi) is 11.3. The van der Waals surface area contributed by atoms with Gasteiger partial charge in [-0.15, -0.1) is 11.6 Å². The van der Waals surface area contributed by atoms with Gasteiger partial charge in [0.25, 0.3) is 15.9 Å². The van der Waals surface area contributed by atoms with Crippen molar-refractivity contribution in [3.05, 3.63) is 89.8 Å². The average molecular weight is 828 g/mol. The Bertz CT molecular complexity index is 2340. The molecule has 1 saturated carbocycles. The molecule has 0 bridgehead atoms. The summed E-state index contributed by atoms with van der Waals surface area (Å²) in [7, 11) is -4.29. The van der Waals surface area contributed by atoms with Crippen molar-refractivity contribution < 1.29 is 22.7 Å². The summed E-state index contributed by atoms with van der Waals surface area (Å²) in [5, 5.41) is 4.20. The fourth-order valence-corrected chi connectivity index (χ4v) is 10.2. The van der Waals surface area contributed by atoms with Crippen LogP contribution in [0.4, 0.5) is 17.1 Å². The van der Waals surface area contributed by atoms with Gasteiger partial charge in [-0.05, 0) is 97.9 Å². The van der Waals surface area contributed by atoms with E-state index in [1.54, 1.807) is 30.6 Å². The number of hydrogen-bond acceptors (Lipinski definition) is 10. The molecule has 3 fully saturated rings. The number of hydrogen-bond donors (Lipinski definition) is 4. The molecule has 8 rings (SSSR count). The molecule has 2 aliphatic carbocycles. The molecule has 4 heterocycles. The number of piperazine rings is 1. The van der Waals surface area contributed by atoms with Crippen molar-refractivity contribution >= 4 is 55.6 Å². The monoisotopic (exact) mass is 827 g/mol. The number of amides is 1. The third-order valence-electron chi connectivity index (χ3n) is 12.4. The predicted octanol–water partition coefficient (Wildman–Crippen LogP) is 7.71. The molecule has 2 aliphatic heterocycles. The molecule has 2 aromatic carbocycles. The lowest BCUT2D eigenvalue weighted by Crippen LogP contribution is -2.53. The van der Waals surface area contributed by atoms with Crippen LogP contribution in [0.1, 0.15) is 62.7 Å². The Morgan fingerprint density at radius 2 is 1.90 bits per heavy atom. The van der Waals surface area contributed by atoms with Crippen LogP contribution in [0, 0.1) is 16.7 Å². The van der Waals surface area contributed by atoms with E-state index in [0.29, 0.717) is 34.3 Å². The molecule has 2 saturated heterocycles. The van der Waals surface area contributed by atoms with Crippen LogP contribution in [0.3, 0.4) is 0 Å². The summed E-state index contributed by atoms with van der Waals surface area (Å²) in [6.07, 6.45) is 9.66. The number of carbonyl (C=O) groups excluding carboxylic acids is 1. The SMILES string of the molecule is C=C(CCCl)C1=C(CN2CCN(c3ccc(C(=O)NS(=O)(=O)c4ccc(NCC5CC6(COC6)C5)c(N)c4)c(Oc4cnc5[nH]ccc5c4)c3)CC2)CCC(C)(C)C1. The number of fused-ring (bicyclic) bond motifs is 1. The van der Waals surface area contributed by atoms with Crippen LogP contribution in [-0.2, 0) is 14.8 Å². The number of H-pyrrole nitrogens is 1. The Morgan fingerprint density at radius 1 is 1.10 bits per heavy atom. The molecule has 1 amide bonds. The van der Waals surface area contributed by atoms with Crippen LogP contribution in [0.2, 0.25) is 0 Å². The number of rotatable bonds is 14. The molecule has 4 aromatic rings. The fraction of sp³-hybridized carbons (Fsp3) is 0.455. The Hall–Kier alpha value is -4.56. The highest BCUT2D eigenvalue weighted by atomic mass is 35.5. The lowest BCUT2D eigenvalue weighted by atomic mass is 9.61. The Morgan fingerprint density at radius 3 is 2.62 bits per heavy atom. The minimum Gasteiger partial charge on any atom is -0.455 e. The van der Waals surface area contributed by atoms with E-state index >= 15 is 0 Å². The van der Waals surface area contributed by atoms with Gasteiger partial charge in [0.2, 0.25) is 0 Å². The second-order valence-corrected chi connectivity index (χ2v) is 19.5. The highest BCUT2D eigenvalue weighted by Crippen LogP contribution is 2.50. The maximum Gasteiger partial charge on any atom is 0.268 e. The summed E-state index contributed by atoms with van der Waals surface area (Å²) in [5.41, 5.74) is 13.6. The maximum atomic E-state index is 13.9. The quantitative estimate of drug-likeness (QED) is 0.0734. The summed E-state index contributed by atoms with van der Waals surface area (Å²) >= 11 is 6.13. The topological polar surface area (TPSA) is 155 Å². The summed E-state index contributed by atoms with van der Waals surface area (Å²) in [4.78, 5) is 26.0. The number of allylic oxidation sites excluding steroid dienone is 2. The molecule has 58 heavy (non-hydrogen) atoms. The average Bonchev–Trinajstić information content (AvgIpc) is 3.63. The van der Waals surface area contributed by atoms with Crippen molar-refractivity contribution in [2.24, 2.45) is 16.7 Å². The summed E-state index contributed by atoms with van der Waals surface area (Å²) in [5.74, 6) is 0.907. The first-order valence-electron chi connectivity index (χ1n) is 20.2. The molecule has 5 N–H and O–H groups in total. The number of pyridine rings is 1. The number of benzene rings is 2. The molecule has 0 unspecified atom stereocenters. The largest absolute Gasteiger partial charge is 0.455 e. The van der Waals surface area contributed by atoms with Crippen LogP contribution >= 0.6 is 11.6 Å². The zero-order valence-corrected chi connectivity index (χ0v) is 35.0. The van der Waals surface area contributed by atoms with Gasteiger partial charge in [0.15, 0.2) is 0 Å². The van der Waals surface area contributed by atoms with Gasteiger partial charge in [0.1, 0.15) is 17.1 Å². The number of nitrogen functional groups attached to an aromatic ring is 1. The number of nitrogens with two attached hydrogens (primary N) is 1. The van der Waals surface area contributed by atoms with E-state index in [9.17, 15) is 13.2 Å². The first kappa shape index (κ1) is 40.2. The third kappa shape index (κ3) is 8.73. The van der Waals surface area contributed by atoms with Crippen LogP contribution in [0.15, 0.2) is 89.1 Å². The number of alkyl halides is 1. The molecule has 1 spiro atoms. The van der Waals surface area contributed by atoms with Gasteiger partial charge in [-0.3, -0.25) is 9.69 Å². The fourth-order valence-electron chi connectivity index (χ4n) is 8.96. The van der Waals surface area contributed by atoms with E-state index < -0.39 is 15.9 Å². The number of aromatic amines is 1. The summed E-state index contributed by atoms with van der Waals surface area (Å²) < 4.78 is 41.2. The number of nitrogens with one attached hydrogen (secondary N) is 3. The summed E-state index contributed by atoms with van der Waals surface area (Å²) in [6.45, 7) is 15.7. The number of nitrogens with zero attached hydrogens (tertiary/aromatic N) is 3. The van der Waals surface area contributed by atoms with E-state index in [4.69, 9.17) is 26.8 Å². The molecular formula is C44H54ClN7O5S. The third-order valence-corrected chi connectivity index (χ3v) is 13.9. The van der Waals surface area contributed by atoms with Crippen LogP contribution in [0.25, 0.3) is 11.0 Å². The standard InChI is InChI=1S/C44H54ClN7O5S/c1-29(9-12-45)37-23-43(2,3)11-8-32(37)26-51-14-16-52(17-15-51)33-4-6-36(40(19-33)57-34-18-31-10-13-47-41(31)49-25-34)42(53)50-58(54,55)35-5-7-39(38(46)20-35)48-24-30-21-44(22-30)27-56-28-44/h4-7,10,13,18-20,25,30,48H,1,8-9,11-12,14-17,21-24,26-28,46H2,2-3H3,(H,47,49)(H,50,53). The molecule has 2 aromatic heterocycles. The first-order chi connectivity index (χ1) is 27.8. The lowest BCUT2D eigenvalue weighted by Gasteiger charge is -2.53. The minimum absolute atomic E-state index is 0.0679. The van der Waals surface area contributed by atoms with Crippen molar-refractivity contribution in [3.8, 4) is 11.5 Å². The van der Waals surface area contributed by atoms with Crippen LogP contribution in [0.5, 0.6) is 11.5 Å². The highest BCUT2D eigenvalue weighted by Gasteiger charge is 2.49. The molecule has 14 heteroatoms. The maximum absolute atomic E-state index is 13.9. The molecule has 308 valence electrons. The number of ether oxygens (including phenoxy) is 2. The van der Waals surface area contributed by atoms with Crippen molar-refractivity contribution in [3.63, 3.8) is 0 Å². The number of aromatic nitrogens is 2. The Labute approximate surface area is 346 Å². The zero-order valence-electron chi connectivity index (χ0n) is 33.4. The van der Waals surface area contributed by atoms with Crippen molar-refractivity contribution in [2.45, 2.75) is 57.3 Å². The van der Waals surface area contributed by atoms with E-state index in [0.717, 1.165) is 102 Å². The van der Waals surface area contributed by atoms with Gasteiger partial charge < -0.3 is 30.4 Å². The second-order valence-electron chi connectivity index (χ2n) is 17.4. The van der Waals surface area contributed by atoms with Gasteiger partial charge in [-0.2, -0.15) is 0 Å². The molecule has 0 atom stereocenters. The van der Waals surface area contributed by atoms with E-state index in [2.05, 4.69) is 50.2 Å². The van der Waals surface area contributed by atoms with Gasteiger partial charge in [-0.1, -0.05) is 31.6 Å². The minimum atomic E-state index is -4.29. The number of halogens is 1. The zero-order chi connectivity index (χ0) is 40.7. The smallest absolute Gasteiger partial charge is 0.268 e. The van der Waals surface area contributed by atoms with Crippen molar-refractivity contribution in [1.29, 1.82) is 0 Å². The normalized spacial score (nSPS) is 19.5. The second kappa shape index (κ2) is 16.2. The van der Waals surface area contributed by atoms with Gasteiger partial charge in [0.05, 0.1) is 41.2 Å². The van der Waals surface area contributed by atoms with E-state index in [1.165, 1.54) is 28.9 Å². The van der Waals surface area contributed by atoms with Gasteiger partial charge in [0, 0.05) is 73.9 Å². The number of carbonyl (C=O) groups is 1. The molecule has 12 nitrogen and oxygen atoms in total. The molecule has 0 radical (unpaired) electrons. The summed E-state index contributed by atoms with van der Waals surface area (Å²) in [6, 6.07) is 13.4. The first-order valence-corrected chi connectivity index (χ1v) is 22.3. The van der Waals surface area contributed by atoms with E-state index in [1.807, 2.05) is 18.2 Å².